The molecule has 136 valence electrons. The van der Waals surface area contributed by atoms with Crippen LogP contribution in [-0.4, -0.2) is 40.6 Å². The predicted octanol–water partition coefficient (Wildman–Crippen LogP) is 1.94. The van der Waals surface area contributed by atoms with Gasteiger partial charge in [-0.05, 0) is 44.4 Å². The molecule has 0 aliphatic carbocycles. The van der Waals surface area contributed by atoms with Gasteiger partial charge in [0.2, 0.25) is 10.0 Å². The summed E-state index contributed by atoms with van der Waals surface area (Å²) >= 11 is 0. The van der Waals surface area contributed by atoms with Crippen molar-refractivity contribution < 1.29 is 8.42 Å². The van der Waals surface area contributed by atoms with Crippen molar-refractivity contribution in [2.24, 2.45) is 4.99 Å². The van der Waals surface area contributed by atoms with Crippen LogP contribution in [0.25, 0.3) is 0 Å². The first-order valence-electron chi connectivity index (χ1n) is 8.49. The second-order valence-electron chi connectivity index (χ2n) is 5.71. The molecule has 1 aromatic rings. The molecule has 1 aromatic carbocycles. The lowest BCUT2D eigenvalue weighted by atomic mass is 10.2. The van der Waals surface area contributed by atoms with Crippen molar-refractivity contribution in [2.45, 2.75) is 45.4 Å². The van der Waals surface area contributed by atoms with Gasteiger partial charge in [0.05, 0.1) is 4.90 Å². The number of hydrogen-bond acceptors (Lipinski definition) is 3. The van der Waals surface area contributed by atoms with E-state index in [4.69, 9.17) is 0 Å². The van der Waals surface area contributed by atoms with Crippen LogP contribution in [0.5, 0.6) is 0 Å². The Labute approximate surface area is 146 Å². The molecule has 0 saturated carbocycles. The number of unbranched alkanes of at least 4 members (excludes halogenated alkanes) is 1. The van der Waals surface area contributed by atoms with Crippen molar-refractivity contribution in [3.05, 3.63) is 29.3 Å². The van der Waals surface area contributed by atoms with Gasteiger partial charge in [0.25, 0.3) is 0 Å². The van der Waals surface area contributed by atoms with E-state index in [2.05, 4.69) is 27.3 Å². The summed E-state index contributed by atoms with van der Waals surface area (Å²) in [5.41, 5.74) is 1.67. The number of aryl methyl sites for hydroxylation is 2. The molecule has 1 rings (SSSR count). The Morgan fingerprint density at radius 1 is 1.12 bits per heavy atom. The molecular weight excluding hydrogens is 324 g/mol. The molecule has 0 spiro atoms. The van der Waals surface area contributed by atoms with Crippen molar-refractivity contribution in [3.63, 3.8) is 0 Å². The van der Waals surface area contributed by atoms with Crippen LogP contribution >= 0.6 is 0 Å². The van der Waals surface area contributed by atoms with Gasteiger partial charge in [-0.15, -0.1) is 0 Å². The van der Waals surface area contributed by atoms with E-state index in [9.17, 15) is 8.42 Å². The summed E-state index contributed by atoms with van der Waals surface area (Å²) in [5.74, 6) is 0.719. The van der Waals surface area contributed by atoms with Crippen molar-refractivity contribution in [2.75, 3.05) is 26.2 Å². The minimum Gasteiger partial charge on any atom is -0.357 e. The summed E-state index contributed by atoms with van der Waals surface area (Å²) < 4.78 is 27.4. The van der Waals surface area contributed by atoms with E-state index >= 15 is 0 Å². The van der Waals surface area contributed by atoms with E-state index < -0.39 is 10.0 Å². The highest BCUT2D eigenvalue weighted by atomic mass is 32.2. The summed E-state index contributed by atoms with van der Waals surface area (Å²) in [6, 6.07) is 5.43. The SMILES string of the molecule is CCCCN=C(NCC)NCCNS(=O)(=O)c1cc(C)ccc1C. The minimum absolute atomic E-state index is 0.300. The van der Waals surface area contributed by atoms with Gasteiger partial charge >= 0.3 is 0 Å². The summed E-state index contributed by atoms with van der Waals surface area (Å²) in [6.45, 7) is 10.1. The Balaban J connectivity index is 2.56. The maximum atomic E-state index is 12.4. The second kappa shape index (κ2) is 10.3. The Kier molecular flexibility index (Phi) is 8.78. The molecule has 3 N–H and O–H groups in total. The van der Waals surface area contributed by atoms with E-state index in [0.717, 1.165) is 43.0 Å². The molecule has 0 fully saturated rings. The van der Waals surface area contributed by atoms with Crippen LogP contribution in [0.3, 0.4) is 0 Å². The van der Waals surface area contributed by atoms with Crippen LogP contribution in [-0.2, 0) is 10.0 Å². The highest BCUT2D eigenvalue weighted by Gasteiger charge is 2.16. The zero-order valence-corrected chi connectivity index (χ0v) is 16.0. The Bertz CT molecular complexity index is 642. The third-order valence-corrected chi connectivity index (χ3v) is 5.07. The van der Waals surface area contributed by atoms with Crippen LogP contribution in [0.2, 0.25) is 0 Å². The van der Waals surface area contributed by atoms with Gasteiger partial charge in [-0.25, -0.2) is 13.1 Å². The fraction of sp³-hybridized carbons (Fsp3) is 0.588. The Morgan fingerprint density at radius 2 is 1.88 bits per heavy atom. The predicted molar refractivity (Wildman–Crippen MR) is 100.0 cm³/mol. The van der Waals surface area contributed by atoms with Crippen LogP contribution in [0.4, 0.5) is 0 Å². The molecular formula is C17H30N4O2S. The zero-order valence-electron chi connectivity index (χ0n) is 15.1. The first-order chi connectivity index (χ1) is 11.4. The number of guanidine groups is 1. The highest BCUT2D eigenvalue weighted by molar-refractivity contribution is 7.89. The van der Waals surface area contributed by atoms with Gasteiger partial charge in [0.15, 0.2) is 5.96 Å². The van der Waals surface area contributed by atoms with E-state index in [1.807, 2.05) is 26.0 Å². The number of hydrogen-bond donors (Lipinski definition) is 3. The average molecular weight is 355 g/mol. The quantitative estimate of drug-likeness (QED) is 0.359. The maximum Gasteiger partial charge on any atom is 0.240 e. The molecule has 0 unspecified atom stereocenters. The first kappa shape index (κ1) is 20.4. The van der Waals surface area contributed by atoms with Crippen molar-refractivity contribution >= 4 is 16.0 Å². The Hall–Kier alpha value is -1.60. The molecule has 0 aliphatic heterocycles. The second-order valence-corrected chi connectivity index (χ2v) is 7.44. The Morgan fingerprint density at radius 3 is 2.54 bits per heavy atom. The number of benzene rings is 1. The fourth-order valence-corrected chi connectivity index (χ4v) is 3.49. The number of sulfonamides is 1. The first-order valence-corrected chi connectivity index (χ1v) is 9.98. The van der Waals surface area contributed by atoms with E-state index in [-0.39, 0.29) is 0 Å². The lowest BCUT2D eigenvalue weighted by Crippen LogP contribution is -2.41. The summed E-state index contributed by atoms with van der Waals surface area (Å²) in [7, 11) is -3.49. The van der Waals surface area contributed by atoms with Crippen LogP contribution in [0.1, 0.15) is 37.8 Å². The summed E-state index contributed by atoms with van der Waals surface area (Å²) in [4.78, 5) is 4.78. The highest BCUT2D eigenvalue weighted by Crippen LogP contribution is 2.16. The van der Waals surface area contributed by atoms with Gasteiger partial charge in [0.1, 0.15) is 0 Å². The molecule has 7 heteroatoms. The number of nitrogens with zero attached hydrogens (tertiary/aromatic N) is 1. The van der Waals surface area contributed by atoms with Crippen molar-refractivity contribution in [1.82, 2.24) is 15.4 Å². The lowest BCUT2D eigenvalue weighted by molar-refractivity contribution is 0.579. The monoisotopic (exact) mass is 354 g/mol. The fourth-order valence-electron chi connectivity index (χ4n) is 2.13. The third kappa shape index (κ3) is 6.88. The van der Waals surface area contributed by atoms with E-state index in [1.54, 1.807) is 13.0 Å². The van der Waals surface area contributed by atoms with Gasteiger partial charge in [-0.2, -0.15) is 0 Å². The summed E-state index contributed by atoms with van der Waals surface area (Å²) in [5, 5.41) is 6.29. The minimum atomic E-state index is -3.49. The van der Waals surface area contributed by atoms with E-state index in [0.29, 0.717) is 18.0 Å². The van der Waals surface area contributed by atoms with Crippen LogP contribution in [0, 0.1) is 13.8 Å². The number of rotatable bonds is 9. The van der Waals surface area contributed by atoms with Crippen LogP contribution < -0.4 is 15.4 Å². The van der Waals surface area contributed by atoms with Gasteiger partial charge in [-0.1, -0.05) is 25.5 Å². The molecule has 0 aromatic heterocycles. The zero-order chi connectivity index (χ0) is 18.0. The smallest absolute Gasteiger partial charge is 0.240 e. The van der Waals surface area contributed by atoms with Gasteiger partial charge in [0, 0.05) is 26.2 Å². The van der Waals surface area contributed by atoms with Crippen molar-refractivity contribution in [3.8, 4) is 0 Å². The number of aliphatic imine (C=N–C) groups is 1. The van der Waals surface area contributed by atoms with Gasteiger partial charge in [-0.3, -0.25) is 4.99 Å². The van der Waals surface area contributed by atoms with Crippen molar-refractivity contribution in [1.29, 1.82) is 0 Å². The molecule has 24 heavy (non-hydrogen) atoms. The molecule has 0 aliphatic rings. The molecule has 0 atom stereocenters. The summed E-state index contributed by atoms with van der Waals surface area (Å²) in [6.07, 6.45) is 2.13. The van der Waals surface area contributed by atoms with Gasteiger partial charge < -0.3 is 10.6 Å². The van der Waals surface area contributed by atoms with Crippen LogP contribution in [0.15, 0.2) is 28.1 Å². The molecule has 0 bridgehead atoms. The standard InChI is InChI=1S/C17H30N4O2S/c1-5-7-10-19-17(18-6-2)20-11-12-21-24(22,23)16-13-14(3)8-9-15(16)4/h8-9,13,21H,5-7,10-12H2,1-4H3,(H2,18,19,20). The molecule has 0 amide bonds. The number of nitrogens with one attached hydrogen (secondary N) is 3. The normalized spacial score (nSPS) is 12.2. The average Bonchev–Trinajstić information content (AvgIpc) is 2.54. The molecule has 0 saturated heterocycles. The topological polar surface area (TPSA) is 82.6 Å². The maximum absolute atomic E-state index is 12.4. The van der Waals surface area contributed by atoms with E-state index in [1.165, 1.54) is 0 Å². The molecule has 0 radical (unpaired) electrons. The largest absolute Gasteiger partial charge is 0.357 e. The third-order valence-electron chi connectivity index (χ3n) is 3.47. The molecule has 0 heterocycles. The lowest BCUT2D eigenvalue weighted by Gasteiger charge is -2.13. The molecule has 6 nitrogen and oxygen atoms in total.